The van der Waals surface area contributed by atoms with Gasteiger partial charge in [0.1, 0.15) is 5.75 Å². The zero-order valence-corrected chi connectivity index (χ0v) is 12.3. The summed E-state index contributed by atoms with van der Waals surface area (Å²) in [5.74, 6) is 0.323. The largest absolute Gasteiger partial charge is 0.496 e. The average molecular weight is 291 g/mol. The molecular weight excluding hydrogens is 274 g/mol. The molecule has 2 aromatic rings. The number of nitrogens with one attached hydrogen (secondary N) is 1. The minimum atomic E-state index is -0.192. The number of rotatable bonds is 5. The predicted octanol–water partition coefficient (Wildman–Crippen LogP) is 2.01. The number of hydrogen-bond acceptors (Lipinski definition) is 5. The van der Waals surface area contributed by atoms with Crippen molar-refractivity contribution in [3.05, 3.63) is 39.8 Å². The Kier molecular flexibility index (Phi) is 4.57. The van der Waals surface area contributed by atoms with E-state index < -0.39 is 0 Å². The fourth-order valence-corrected chi connectivity index (χ4v) is 2.57. The molecule has 1 aromatic heterocycles. The Balaban J connectivity index is 1.96. The van der Waals surface area contributed by atoms with Crippen molar-refractivity contribution in [2.45, 2.75) is 13.3 Å². The number of aromatic nitrogens is 1. The van der Waals surface area contributed by atoms with E-state index in [1.165, 1.54) is 7.11 Å². The first kappa shape index (κ1) is 14.3. The van der Waals surface area contributed by atoms with Crippen LogP contribution in [0.15, 0.2) is 23.6 Å². The molecule has 1 amide bonds. The van der Waals surface area contributed by atoms with E-state index in [-0.39, 0.29) is 5.91 Å². The van der Waals surface area contributed by atoms with Crippen LogP contribution in [0.4, 0.5) is 5.69 Å². The third-order valence-electron chi connectivity index (χ3n) is 2.76. The van der Waals surface area contributed by atoms with Gasteiger partial charge in [0.25, 0.3) is 5.91 Å². The second-order valence-electron chi connectivity index (χ2n) is 4.35. The average Bonchev–Trinajstić information content (AvgIpc) is 2.84. The number of thiazole rings is 1. The fourth-order valence-electron chi connectivity index (χ4n) is 1.80. The molecule has 0 spiro atoms. The zero-order valence-electron chi connectivity index (χ0n) is 11.5. The van der Waals surface area contributed by atoms with Crippen LogP contribution in [0.2, 0.25) is 0 Å². The van der Waals surface area contributed by atoms with Gasteiger partial charge in [-0.1, -0.05) is 0 Å². The highest BCUT2D eigenvalue weighted by Gasteiger charge is 2.12. The second-order valence-corrected chi connectivity index (χ2v) is 5.29. The number of nitrogens with two attached hydrogens (primary N) is 1. The molecule has 0 fully saturated rings. The van der Waals surface area contributed by atoms with Gasteiger partial charge in [-0.3, -0.25) is 4.79 Å². The summed E-state index contributed by atoms with van der Waals surface area (Å²) in [7, 11) is 1.53. The number of nitrogens with zero attached hydrogens (tertiary/aromatic N) is 1. The van der Waals surface area contributed by atoms with Gasteiger partial charge in [-0.2, -0.15) is 0 Å². The Bertz CT molecular complexity index is 610. The first-order valence-corrected chi connectivity index (χ1v) is 7.11. The van der Waals surface area contributed by atoms with E-state index in [0.717, 1.165) is 17.1 Å². The highest BCUT2D eigenvalue weighted by atomic mass is 32.1. The Morgan fingerprint density at radius 2 is 2.30 bits per heavy atom. The van der Waals surface area contributed by atoms with Gasteiger partial charge in [0.05, 0.1) is 17.7 Å². The van der Waals surface area contributed by atoms with E-state index in [0.29, 0.717) is 23.5 Å². The van der Waals surface area contributed by atoms with Gasteiger partial charge in [0.2, 0.25) is 0 Å². The molecule has 6 heteroatoms. The molecule has 3 N–H and O–H groups in total. The Labute approximate surface area is 121 Å². The summed E-state index contributed by atoms with van der Waals surface area (Å²) < 4.78 is 5.16. The molecule has 0 aliphatic carbocycles. The molecule has 0 aliphatic rings. The van der Waals surface area contributed by atoms with E-state index in [4.69, 9.17) is 10.5 Å². The summed E-state index contributed by atoms with van der Waals surface area (Å²) in [6.45, 7) is 2.49. The molecule has 106 valence electrons. The summed E-state index contributed by atoms with van der Waals surface area (Å²) >= 11 is 1.60. The van der Waals surface area contributed by atoms with Crippen molar-refractivity contribution in [3.63, 3.8) is 0 Å². The molecule has 0 aliphatic heterocycles. The number of amides is 1. The lowest BCUT2D eigenvalue weighted by atomic mass is 10.1. The first-order valence-electron chi connectivity index (χ1n) is 6.23. The van der Waals surface area contributed by atoms with Crippen LogP contribution in [-0.4, -0.2) is 24.5 Å². The Morgan fingerprint density at radius 1 is 1.50 bits per heavy atom. The van der Waals surface area contributed by atoms with Crippen LogP contribution in [0.1, 0.15) is 21.1 Å². The molecule has 0 unspecified atom stereocenters. The lowest BCUT2D eigenvalue weighted by molar-refractivity contribution is 0.0951. The monoisotopic (exact) mass is 291 g/mol. The van der Waals surface area contributed by atoms with Crippen molar-refractivity contribution in [2.24, 2.45) is 0 Å². The van der Waals surface area contributed by atoms with Crippen LogP contribution in [0.3, 0.4) is 0 Å². The van der Waals surface area contributed by atoms with Gasteiger partial charge in [-0.05, 0) is 25.1 Å². The summed E-state index contributed by atoms with van der Waals surface area (Å²) in [6.07, 6.45) is 0.717. The quantitative estimate of drug-likeness (QED) is 0.826. The van der Waals surface area contributed by atoms with Gasteiger partial charge in [-0.15, -0.1) is 11.3 Å². The minimum Gasteiger partial charge on any atom is -0.496 e. The standard InChI is InChI=1S/C14H17N3O2S/c1-9-8-20-13(17-9)5-6-16-14(18)11-7-10(15)3-4-12(11)19-2/h3-4,7-8H,5-6,15H2,1-2H3,(H,16,18). The molecule has 1 aromatic carbocycles. The first-order chi connectivity index (χ1) is 9.60. The number of carbonyl (C=O) groups is 1. The number of aryl methyl sites for hydroxylation is 1. The van der Waals surface area contributed by atoms with Crippen LogP contribution in [0.25, 0.3) is 0 Å². The number of carbonyl (C=O) groups excluding carboxylic acids is 1. The SMILES string of the molecule is COc1ccc(N)cc1C(=O)NCCc1nc(C)cs1. The number of nitrogen functional groups attached to an aromatic ring is 1. The van der Waals surface area contributed by atoms with Gasteiger partial charge in [0.15, 0.2) is 0 Å². The molecular formula is C14H17N3O2S. The maximum atomic E-state index is 12.1. The molecule has 0 saturated carbocycles. The summed E-state index contributed by atoms with van der Waals surface area (Å²) in [5.41, 5.74) is 7.69. The Hall–Kier alpha value is -2.08. The van der Waals surface area contributed by atoms with E-state index in [9.17, 15) is 4.79 Å². The Morgan fingerprint density at radius 3 is 2.95 bits per heavy atom. The summed E-state index contributed by atoms with van der Waals surface area (Å²) in [6, 6.07) is 5.00. The van der Waals surface area contributed by atoms with Crippen LogP contribution >= 0.6 is 11.3 Å². The number of ether oxygens (including phenoxy) is 1. The zero-order chi connectivity index (χ0) is 14.5. The number of hydrogen-bond donors (Lipinski definition) is 2. The molecule has 0 radical (unpaired) electrons. The molecule has 2 rings (SSSR count). The van der Waals surface area contributed by atoms with Crippen molar-refractivity contribution < 1.29 is 9.53 Å². The third kappa shape index (κ3) is 3.48. The van der Waals surface area contributed by atoms with Crippen LogP contribution in [0, 0.1) is 6.92 Å². The molecule has 0 saturated heterocycles. The topological polar surface area (TPSA) is 77.2 Å². The van der Waals surface area contributed by atoms with Crippen molar-refractivity contribution in [3.8, 4) is 5.75 Å². The predicted molar refractivity (Wildman–Crippen MR) is 80.3 cm³/mol. The molecule has 5 nitrogen and oxygen atoms in total. The second kappa shape index (κ2) is 6.38. The van der Waals surface area contributed by atoms with Crippen molar-refractivity contribution in [1.29, 1.82) is 0 Å². The highest BCUT2D eigenvalue weighted by Crippen LogP contribution is 2.20. The van der Waals surface area contributed by atoms with Crippen molar-refractivity contribution in [2.75, 3.05) is 19.4 Å². The normalized spacial score (nSPS) is 10.3. The maximum Gasteiger partial charge on any atom is 0.255 e. The molecule has 1 heterocycles. The van der Waals surface area contributed by atoms with E-state index in [1.54, 1.807) is 29.5 Å². The van der Waals surface area contributed by atoms with Crippen LogP contribution in [0.5, 0.6) is 5.75 Å². The van der Waals surface area contributed by atoms with Gasteiger partial charge < -0.3 is 15.8 Å². The maximum absolute atomic E-state index is 12.1. The van der Waals surface area contributed by atoms with E-state index >= 15 is 0 Å². The highest BCUT2D eigenvalue weighted by molar-refractivity contribution is 7.09. The number of anilines is 1. The lowest BCUT2D eigenvalue weighted by Gasteiger charge is -2.09. The van der Waals surface area contributed by atoms with Gasteiger partial charge in [-0.25, -0.2) is 4.98 Å². The van der Waals surface area contributed by atoms with Gasteiger partial charge >= 0.3 is 0 Å². The molecule has 0 atom stereocenters. The van der Waals surface area contributed by atoms with Gasteiger partial charge in [0, 0.05) is 29.7 Å². The third-order valence-corrected chi connectivity index (χ3v) is 3.79. The minimum absolute atomic E-state index is 0.192. The van der Waals surface area contributed by atoms with E-state index in [2.05, 4.69) is 10.3 Å². The van der Waals surface area contributed by atoms with Crippen LogP contribution < -0.4 is 15.8 Å². The number of benzene rings is 1. The fraction of sp³-hybridized carbons (Fsp3) is 0.286. The van der Waals surface area contributed by atoms with Crippen molar-refractivity contribution in [1.82, 2.24) is 10.3 Å². The lowest BCUT2D eigenvalue weighted by Crippen LogP contribution is -2.26. The van der Waals surface area contributed by atoms with Crippen molar-refractivity contribution >= 4 is 22.9 Å². The molecule has 0 bridgehead atoms. The summed E-state index contributed by atoms with van der Waals surface area (Å²) in [5, 5.41) is 5.86. The van der Waals surface area contributed by atoms with Crippen LogP contribution in [-0.2, 0) is 6.42 Å². The smallest absolute Gasteiger partial charge is 0.255 e. The molecule has 20 heavy (non-hydrogen) atoms. The summed E-state index contributed by atoms with van der Waals surface area (Å²) in [4.78, 5) is 16.5. The van der Waals surface area contributed by atoms with E-state index in [1.807, 2.05) is 12.3 Å². The number of methoxy groups -OCH3 is 1.